The van der Waals surface area contributed by atoms with Crippen molar-refractivity contribution in [2.24, 2.45) is 5.73 Å². The van der Waals surface area contributed by atoms with Gasteiger partial charge in [-0.1, -0.05) is 23.7 Å². The van der Waals surface area contributed by atoms with Crippen molar-refractivity contribution in [2.45, 2.75) is 24.5 Å². The van der Waals surface area contributed by atoms with Crippen molar-refractivity contribution >= 4 is 23.3 Å². The molecule has 1 aromatic carbocycles. The highest BCUT2D eigenvalue weighted by molar-refractivity contribution is 6.30. The predicted octanol–water partition coefficient (Wildman–Crippen LogP) is -0.504. The number of hydrogen-bond donors (Lipinski definition) is 5. The summed E-state index contributed by atoms with van der Waals surface area (Å²) in [6.45, 7) is -0.501. The summed E-state index contributed by atoms with van der Waals surface area (Å²) in [6, 6.07) is 6.60. The normalized spacial score (nSPS) is 26.1. The standard InChI is InChI=1S/C15H17ClN4O5/c16-7-3-1-2-6(4-7)14-19-9(13(18)24)12(17)20(14)15-11(23)10(22)8(5-21)25-15/h1-4,8,10-11,15,21-23H,5,17H2,(H2,18,24)/t8-,10-,11-,15-/m1/s1. The van der Waals surface area contributed by atoms with Gasteiger partial charge in [0.05, 0.1) is 6.61 Å². The highest BCUT2D eigenvalue weighted by atomic mass is 35.5. The van der Waals surface area contributed by atoms with Crippen LogP contribution >= 0.6 is 11.6 Å². The van der Waals surface area contributed by atoms with Crippen LogP contribution in [0.15, 0.2) is 24.3 Å². The number of carbonyl (C=O) groups excluding carboxylic acids is 1. The summed E-state index contributed by atoms with van der Waals surface area (Å²) in [5, 5.41) is 29.9. The topological polar surface area (TPSA) is 157 Å². The van der Waals surface area contributed by atoms with Crippen LogP contribution in [0.1, 0.15) is 16.7 Å². The third-order valence-corrected chi connectivity index (χ3v) is 4.27. The largest absolute Gasteiger partial charge is 0.394 e. The number of halogens is 1. The summed E-state index contributed by atoms with van der Waals surface area (Å²) in [6.07, 6.45) is -4.90. The van der Waals surface area contributed by atoms with Crippen LogP contribution in [0.5, 0.6) is 0 Å². The summed E-state index contributed by atoms with van der Waals surface area (Å²) in [5.41, 5.74) is 11.6. The zero-order valence-electron chi connectivity index (χ0n) is 12.9. The number of benzene rings is 1. The molecule has 0 spiro atoms. The van der Waals surface area contributed by atoms with Gasteiger partial charge in [-0.05, 0) is 12.1 Å². The Labute approximate surface area is 147 Å². The Bertz CT molecular complexity index is 811. The Morgan fingerprint density at radius 3 is 2.64 bits per heavy atom. The van der Waals surface area contributed by atoms with Gasteiger partial charge in [-0.25, -0.2) is 4.98 Å². The first-order chi connectivity index (χ1) is 11.8. The molecule has 10 heteroatoms. The number of aliphatic hydroxyl groups excluding tert-OH is 3. The van der Waals surface area contributed by atoms with Crippen molar-refractivity contribution < 1.29 is 24.9 Å². The van der Waals surface area contributed by atoms with Crippen molar-refractivity contribution in [1.82, 2.24) is 9.55 Å². The maximum absolute atomic E-state index is 11.6. The van der Waals surface area contributed by atoms with E-state index in [0.29, 0.717) is 10.6 Å². The lowest BCUT2D eigenvalue weighted by Crippen LogP contribution is -2.33. The molecule has 7 N–H and O–H groups in total. The fourth-order valence-electron chi connectivity index (χ4n) is 2.81. The summed E-state index contributed by atoms with van der Waals surface area (Å²) in [5.74, 6) is -0.799. The third kappa shape index (κ3) is 2.96. The SMILES string of the molecule is NC(=O)c1nc(-c2cccc(Cl)c2)n([C@@H]2O[C@H](CO)[C@@H](O)[C@H]2O)c1N. The second-order valence-corrected chi connectivity index (χ2v) is 6.08. The van der Waals surface area contributed by atoms with Crippen molar-refractivity contribution in [3.05, 3.63) is 35.0 Å². The summed E-state index contributed by atoms with van der Waals surface area (Å²) < 4.78 is 6.75. The molecule has 1 fully saturated rings. The molecule has 0 aliphatic carbocycles. The first kappa shape index (κ1) is 17.6. The second-order valence-electron chi connectivity index (χ2n) is 5.64. The second kappa shape index (κ2) is 6.62. The van der Waals surface area contributed by atoms with Gasteiger partial charge in [0.2, 0.25) is 0 Å². The monoisotopic (exact) mass is 368 g/mol. The average molecular weight is 369 g/mol. The molecule has 0 bridgehead atoms. The minimum absolute atomic E-state index is 0.127. The lowest BCUT2D eigenvalue weighted by molar-refractivity contribution is -0.0510. The Hall–Kier alpha value is -2.17. The summed E-state index contributed by atoms with van der Waals surface area (Å²) >= 11 is 6.00. The van der Waals surface area contributed by atoms with E-state index in [1.807, 2.05) is 0 Å². The molecule has 134 valence electrons. The van der Waals surface area contributed by atoms with E-state index in [1.165, 1.54) is 4.57 Å². The van der Waals surface area contributed by atoms with Crippen LogP contribution in [0.3, 0.4) is 0 Å². The third-order valence-electron chi connectivity index (χ3n) is 4.04. The fraction of sp³-hybridized carbons (Fsp3) is 0.333. The Morgan fingerprint density at radius 2 is 2.08 bits per heavy atom. The van der Waals surface area contributed by atoms with Crippen LogP contribution in [0.2, 0.25) is 5.02 Å². The van der Waals surface area contributed by atoms with E-state index in [9.17, 15) is 20.1 Å². The maximum atomic E-state index is 11.6. The van der Waals surface area contributed by atoms with Gasteiger partial charge in [0, 0.05) is 10.6 Å². The number of nitrogens with zero attached hydrogens (tertiary/aromatic N) is 2. The maximum Gasteiger partial charge on any atom is 0.271 e. The van der Waals surface area contributed by atoms with Gasteiger partial charge in [0.15, 0.2) is 11.9 Å². The van der Waals surface area contributed by atoms with E-state index in [-0.39, 0.29) is 17.3 Å². The van der Waals surface area contributed by atoms with Crippen molar-refractivity contribution in [3.8, 4) is 11.4 Å². The number of imidazole rings is 1. The number of hydrogen-bond acceptors (Lipinski definition) is 7. The number of primary amides is 1. The van der Waals surface area contributed by atoms with Crippen LogP contribution in [0.25, 0.3) is 11.4 Å². The number of rotatable bonds is 4. The number of nitrogens with two attached hydrogens (primary N) is 2. The van der Waals surface area contributed by atoms with Crippen LogP contribution in [-0.4, -0.2) is 55.7 Å². The van der Waals surface area contributed by atoms with Gasteiger partial charge >= 0.3 is 0 Å². The predicted molar refractivity (Wildman–Crippen MR) is 88.6 cm³/mol. The molecule has 0 unspecified atom stereocenters. The quantitative estimate of drug-likeness (QED) is 0.486. The van der Waals surface area contributed by atoms with E-state index in [1.54, 1.807) is 24.3 Å². The number of nitrogen functional groups attached to an aromatic ring is 1. The molecule has 1 saturated heterocycles. The minimum Gasteiger partial charge on any atom is -0.394 e. The Balaban J connectivity index is 2.17. The molecule has 0 radical (unpaired) electrons. The Morgan fingerprint density at radius 1 is 1.36 bits per heavy atom. The van der Waals surface area contributed by atoms with Crippen molar-refractivity contribution in [3.63, 3.8) is 0 Å². The molecule has 1 aromatic heterocycles. The van der Waals surface area contributed by atoms with Gasteiger partial charge in [-0.2, -0.15) is 0 Å². The molecule has 3 rings (SSSR count). The van der Waals surface area contributed by atoms with Gasteiger partial charge in [-0.15, -0.1) is 0 Å². The molecule has 1 amide bonds. The van der Waals surface area contributed by atoms with Crippen LogP contribution in [-0.2, 0) is 4.74 Å². The molecule has 4 atom stereocenters. The van der Waals surface area contributed by atoms with E-state index < -0.39 is 37.1 Å². The van der Waals surface area contributed by atoms with Gasteiger partial charge in [-0.3, -0.25) is 9.36 Å². The zero-order chi connectivity index (χ0) is 18.3. The zero-order valence-corrected chi connectivity index (χ0v) is 13.7. The van der Waals surface area contributed by atoms with E-state index in [2.05, 4.69) is 4.98 Å². The molecule has 0 saturated carbocycles. The molecular weight excluding hydrogens is 352 g/mol. The number of amides is 1. The van der Waals surface area contributed by atoms with E-state index in [0.717, 1.165) is 0 Å². The Kier molecular flexibility index (Phi) is 4.67. The van der Waals surface area contributed by atoms with Crippen LogP contribution in [0.4, 0.5) is 5.82 Å². The summed E-state index contributed by atoms with van der Waals surface area (Å²) in [4.78, 5) is 15.8. The number of carbonyl (C=O) groups is 1. The molecule has 25 heavy (non-hydrogen) atoms. The average Bonchev–Trinajstić information content (AvgIpc) is 3.05. The molecule has 1 aliphatic rings. The van der Waals surface area contributed by atoms with Gasteiger partial charge < -0.3 is 31.5 Å². The molecule has 2 heterocycles. The van der Waals surface area contributed by atoms with Gasteiger partial charge in [0.25, 0.3) is 5.91 Å². The lowest BCUT2D eigenvalue weighted by atomic mass is 10.1. The molecule has 2 aromatic rings. The highest BCUT2D eigenvalue weighted by Crippen LogP contribution is 2.36. The van der Waals surface area contributed by atoms with Crippen LogP contribution in [0, 0.1) is 0 Å². The van der Waals surface area contributed by atoms with Crippen LogP contribution < -0.4 is 11.5 Å². The number of anilines is 1. The lowest BCUT2D eigenvalue weighted by Gasteiger charge is -2.20. The first-order valence-electron chi connectivity index (χ1n) is 7.41. The molecule has 9 nitrogen and oxygen atoms in total. The number of ether oxygens (including phenoxy) is 1. The van der Waals surface area contributed by atoms with E-state index in [4.69, 9.17) is 27.8 Å². The minimum atomic E-state index is -1.40. The highest BCUT2D eigenvalue weighted by Gasteiger charge is 2.45. The fourth-order valence-corrected chi connectivity index (χ4v) is 3.00. The molecule has 1 aliphatic heterocycles. The number of aromatic nitrogens is 2. The first-order valence-corrected chi connectivity index (χ1v) is 7.78. The van der Waals surface area contributed by atoms with Crippen molar-refractivity contribution in [2.75, 3.05) is 12.3 Å². The smallest absolute Gasteiger partial charge is 0.271 e. The van der Waals surface area contributed by atoms with Gasteiger partial charge in [0.1, 0.15) is 30.0 Å². The van der Waals surface area contributed by atoms with Crippen molar-refractivity contribution in [1.29, 1.82) is 0 Å². The van der Waals surface area contributed by atoms with E-state index >= 15 is 0 Å². The molecular formula is C15H17ClN4O5. The number of aliphatic hydroxyl groups is 3. The summed E-state index contributed by atoms with van der Waals surface area (Å²) in [7, 11) is 0.